The molecule has 2 aliphatic rings. The normalized spacial score (nSPS) is 23.0. The van der Waals surface area contributed by atoms with Gasteiger partial charge in [0.2, 0.25) is 0 Å². The first-order chi connectivity index (χ1) is 9.33. The lowest BCUT2D eigenvalue weighted by atomic mass is 10.1. The van der Waals surface area contributed by atoms with Crippen molar-refractivity contribution >= 4 is 27.4 Å². The summed E-state index contributed by atoms with van der Waals surface area (Å²) in [6.07, 6.45) is 3.31. The maximum Gasteiger partial charge on any atom is 0.141 e. The van der Waals surface area contributed by atoms with Crippen LogP contribution in [0.2, 0.25) is 0 Å². The Labute approximate surface area is 115 Å². The molecule has 0 radical (unpaired) electrons. The predicted molar refractivity (Wildman–Crippen MR) is 75.7 cm³/mol. The van der Waals surface area contributed by atoms with Crippen LogP contribution in [-0.4, -0.2) is 40.8 Å². The van der Waals surface area contributed by atoms with Crippen LogP contribution in [-0.2, 0) is 13.0 Å². The Morgan fingerprint density at radius 1 is 1.42 bits per heavy atom. The summed E-state index contributed by atoms with van der Waals surface area (Å²) in [5, 5.41) is 14.4. The summed E-state index contributed by atoms with van der Waals surface area (Å²) < 4.78 is 0. The standard InChI is InChI=1S/C13H16N4OS/c18-8-2-4-17(6-8)12-11-9-1-3-14-5-10(9)19-13(11)16-7-15-12/h7-8,14,18H,1-6H2/t8-/m0/s1. The highest BCUT2D eigenvalue weighted by molar-refractivity contribution is 7.18. The molecule has 5 nitrogen and oxygen atoms in total. The lowest BCUT2D eigenvalue weighted by molar-refractivity contribution is 0.198. The fraction of sp³-hybridized carbons (Fsp3) is 0.538. The van der Waals surface area contributed by atoms with Crippen LogP contribution >= 0.6 is 11.3 Å². The van der Waals surface area contributed by atoms with Crippen molar-refractivity contribution in [2.45, 2.75) is 25.5 Å². The zero-order valence-corrected chi connectivity index (χ0v) is 11.4. The number of hydrogen-bond acceptors (Lipinski definition) is 6. The molecule has 0 unspecified atom stereocenters. The Kier molecular flexibility index (Phi) is 2.68. The van der Waals surface area contributed by atoms with E-state index in [0.29, 0.717) is 6.54 Å². The van der Waals surface area contributed by atoms with Gasteiger partial charge in [0.1, 0.15) is 17.0 Å². The van der Waals surface area contributed by atoms with Crippen LogP contribution in [0.4, 0.5) is 5.82 Å². The van der Waals surface area contributed by atoms with Gasteiger partial charge in [0.05, 0.1) is 11.5 Å². The minimum atomic E-state index is -0.221. The van der Waals surface area contributed by atoms with E-state index in [9.17, 15) is 5.11 Å². The molecule has 0 saturated carbocycles. The van der Waals surface area contributed by atoms with Gasteiger partial charge in [-0.1, -0.05) is 0 Å². The minimum Gasteiger partial charge on any atom is -0.391 e. The molecule has 4 rings (SSSR count). The van der Waals surface area contributed by atoms with Crippen LogP contribution in [0.5, 0.6) is 0 Å². The lowest BCUT2D eigenvalue weighted by Crippen LogP contribution is -2.24. The second-order valence-electron chi connectivity index (χ2n) is 5.20. The molecule has 1 fully saturated rings. The van der Waals surface area contributed by atoms with Gasteiger partial charge in [0.25, 0.3) is 0 Å². The summed E-state index contributed by atoms with van der Waals surface area (Å²) in [4.78, 5) is 13.6. The Morgan fingerprint density at radius 3 is 3.21 bits per heavy atom. The van der Waals surface area contributed by atoms with Gasteiger partial charge in [-0.15, -0.1) is 11.3 Å². The minimum absolute atomic E-state index is 0.221. The zero-order valence-electron chi connectivity index (χ0n) is 10.6. The van der Waals surface area contributed by atoms with E-state index >= 15 is 0 Å². The molecule has 19 heavy (non-hydrogen) atoms. The van der Waals surface area contributed by atoms with Crippen LogP contribution in [0.25, 0.3) is 10.2 Å². The van der Waals surface area contributed by atoms with E-state index in [0.717, 1.165) is 43.1 Å². The monoisotopic (exact) mass is 276 g/mol. The molecule has 0 amide bonds. The van der Waals surface area contributed by atoms with Gasteiger partial charge in [-0.2, -0.15) is 0 Å². The number of nitrogens with one attached hydrogen (secondary N) is 1. The summed E-state index contributed by atoms with van der Waals surface area (Å²) in [6, 6.07) is 0. The van der Waals surface area contributed by atoms with Gasteiger partial charge < -0.3 is 15.3 Å². The van der Waals surface area contributed by atoms with Crippen molar-refractivity contribution in [1.29, 1.82) is 0 Å². The largest absolute Gasteiger partial charge is 0.391 e. The van der Waals surface area contributed by atoms with E-state index in [2.05, 4.69) is 20.2 Å². The number of fused-ring (bicyclic) bond motifs is 3. The van der Waals surface area contributed by atoms with Gasteiger partial charge in [-0.3, -0.25) is 0 Å². The van der Waals surface area contributed by atoms with Crippen molar-refractivity contribution in [2.24, 2.45) is 0 Å². The van der Waals surface area contributed by atoms with E-state index in [-0.39, 0.29) is 6.10 Å². The average Bonchev–Trinajstić information content (AvgIpc) is 3.01. The molecule has 100 valence electrons. The molecular weight excluding hydrogens is 260 g/mol. The number of rotatable bonds is 1. The molecule has 6 heteroatoms. The van der Waals surface area contributed by atoms with Gasteiger partial charge in [0.15, 0.2) is 0 Å². The Balaban J connectivity index is 1.88. The highest BCUT2D eigenvalue weighted by Gasteiger charge is 2.26. The zero-order chi connectivity index (χ0) is 12.8. The van der Waals surface area contributed by atoms with E-state index in [1.165, 1.54) is 15.8 Å². The molecular formula is C13H16N4OS. The first-order valence-corrected chi connectivity index (χ1v) is 7.53. The summed E-state index contributed by atoms with van der Waals surface area (Å²) in [5.41, 5.74) is 1.41. The number of anilines is 1. The molecule has 1 saturated heterocycles. The summed E-state index contributed by atoms with van der Waals surface area (Å²) >= 11 is 1.77. The smallest absolute Gasteiger partial charge is 0.141 e. The number of hydrogen-bond donors (Lipinski definition) is 2. The van der Waals surface area contributed by atoms with E-state index < -0.39 is 0 Å². The number of aromatic nitrogens is 2. The first kappa shape index (κ1) is 11.6. The van der Waals surface area contributed by atoms with Crippen molar-refractivity contribution < 1.29 is 5.11 Å². The first-order valence-electron chi connectivity index (χ1n) is 6.72. The van der Waals surface area contributed by atoms with E-state index in [4.69, 9.17) is 0 Å². The fourth-order valence-electron chi connectivity index (χ4n) is 3.02. The summed E-state index contributed by atoms with van der Waals surface area (Å²) in [7, 11) is 0. The van der Waals surface area contributed by atoms with Gasteiger partial charge in [-0.25, -0.2) is 9.97 Å². The summed E-state index contributed by atoms with van der Waals surface area (Å²) in [6.45, 7) is 3.54. The second-order valence-corrected chi connectivity index (χ2v) is 6.28. The quantitative estimate of drug-likeness (QED) is 0.810. The molecule has 1 atom stereocenters. The van der Waals surface area contributed by atoms with Crippen molar-refractivity contribution in [3.63, 3.8) is 0 Å². The van der Waals surface area contributed by atoms with Crippen LogP contribution < -0.4 is 10.2 Å². The molecule has 2 N–H and O–H groups in total. The van der Waals surface area contributed by atoms with Crippen molar-refractivity contribution in [3.05, 3.63) is 16.8 Å². The van der Waals surface area contributed by atoms with Crippen molar-refractivity contribution in [3.8, 4) is 0 Å². The van der Waals surface area contributed by atoms with Gasteiger partial charge >= 0.3 is 0 Å². The maximum atomic E-state index is 9.73. The number of thiophene rings is 1. The number of β-amino-alcohol motifs (C(OH)–C–C–N with tert-alkyl or cyclic N) is 1. The van der Waals surface area contributed by atoms with E-state index in [1.54, 1.807) is 17.7 Å². The highest BCUT2D eigenvalue weighted by atomic mass is 32.1. The average molecular weight is 276 g/mol. The predicted octanol–water partition coefficient (Wildman–Crippen LogP) is 0.908. The highest BCUT2D eigenvalue weighted by Crippen LogP contribution is 2.37. The maximum absolute atomic E-state index is 9.73. The fourth-order valence-corrected chi connectivity index (χ4v) is 4.17. The van der Waals surface area contributed by atoms with E-state index in [1.807, 2.05) is 0 Å². The van der Waals surface area contributed by atoms with Gasteiger partial charge in [-0.05, 0) is 24.9 Å². The number of aliphatic hydroxyl groups excluding tert-OH is 1. The topological polar surface area (TPSA) is 61.3 Å². The molecule has 0 bridgehead atoms. The van der Waals surface area contributed by atoms with Crippen LogP contribution in [0.3, 0.4) is 0 Å². The second kappa shape index (κ2) is 4.40. The van der Waals surface area contributed by atoms with Crippen LogP contribution in [0.1, 0.15) is 16.9 Å². The Morgan fingerprint density at radius 2 is 2.37 bits per heavy atom. The van der Waals surface area contributed by atoms with Crippen molar-refractivity contribution in [1.82, 2.24) is 15.3 Å². The molecule has 0 aliphatic carbocycles. The Hall–Kier alpha value is -1.24. The molecule has 2 aromatic rings. The third-order valence-electron chi connectivity index (χ3n) is 3.95. The number of aliphatic hydroxyl groups is 1. The molecule has 0 spiro atoms. The van der Waals surface area contributed by atoms with Crippen LogP contribution in [0, 0.1) is 0 Å². The molecule has 0 aromatic carbocycles. The van der Waals surface area contributed by atoms with Crippen LogP contribution in [0.15, 0.2) is 6.33 Å². The third-order valence-corrected chi connectivity index (χ3v) is 5.09. The SMILES string of the molecule is O[C@H]1CCN(c2ncnc3sc4c(c23)CCNC4)C1. The number of nitrogens with zero attached hydrogens (tertiary/aromatic N) is 3. The van der Waals surface area contributed by atoms with Crippen molar-refractivity contribution in [2.75, 3.05) is 24.5 Å². The molecule has 4 heterocycles. The molecule has 2 aliphatic heterocycles. The summed E-state index contributed by atoms with van der Waals surface area (Å²) in [5.74, 6) is 1.01. The van der Waals surface area contributed by atoms with Gasteiger partial charge in [0, 0.05) is 24.5 Å². The Bertz CT molecular complexity index is 626. The molecule has 2 aromatic heterocycles. The lowest BCUT2D eigenvalue weighted by Gasteiger charge is -2.19. The third kappa shape index (κ3) is 1.82.